The normalized spacial score (nSPS) is 12.4. The number of pyridine rings is 1. The lowest BCUT2D eigenvalue weighted by atomic mass is 10.0. The highest BCUT2D eigenvalue weighted by Crippen LogP contribution is 2.22. The zero-order valence-electron chi connectivity index (χ0n) is 10.0. The van der Waals surface area contributed by atoms with Gasteiger partial charge in [-0.2, -0.15) is 0 Å². The van der Waals surface area contributed by atoms with Crippen molar-refractivity contribution in [2.24, 2.45) is 5.73 Å². The molecule has 1 heterocycles. The minimum Gasteiger partial charge on any atom is -0.324 e. The number of nitrogens with two attached hydrogens (primary N) is 1. The van der Waals surface area contributed by atoms with E-state index >= 15 is 0 Å². The van der Waals surface area contributed by atoms with Crippen molar-refractivity contribution in [3.8, 4) is 0 Å². The van der Waals surface area contributed by atoms with Crippen LogP contribution in [-0.2, 0) is 6.42 Å². The molecule has 2 nitrogen and oxygen atoms in total. The molecule has 0 bridgehead atoms. The zero-order chi connectivity index (χ0) is 13.1. The van der Waals surface area contributed by atoms with E-state index in [1.54, 1.807) is 18.3 Å². The molecule has 4 heteroatoms. The van der Waals surface area contributed by atoms with Gasteiger partial charge in [0.2, 0.25) is 0 Å². The molecule has 0 saturated heterocycles. The third-order valence-electron chi connectivity index (χ3n) is 2.89. The lowest BCUT2D eigenvalue weighted by Gasteiger charge is -2.14. The average molecular weight is 309 g/mol. The summed E-state index contributed by atoms with van der Waals surface area (Å²) < 4.78 is 14.5. The molecule has 1 atom stereocenters. The van der Waals surface area contributed by atoms with Gasteiger partial charge >= 0.3 is 0 Å². The number of benzene rings is 1. The molecule has 0 aliphatic carbocycles. The molecule has 0 radical (unpaired) electrons. The third-order valence-corrected chi connectivity index (χ3v) is 3.39. The fourth-order valence-corrected chi connectivity index (χ4v) is 2.19. The smallest absolute Gasteiger partial charge is 0.129 e. The van der Waals surface area contributed by atoms with Crippen molar-refractivity contribution in [1.29, 1.82) is 0 Å². The SMILES string of the molecule is Cc1cccnc1CC(N)c1ccc(Br)cc1F. The van der Waals surface area contributed by atoms with Gasteiger partial charge < -0.3 is 5.73 Å². The Balaban J connectivity index is 2.22. The highest BCUT2D eigenvalue weighted by atomic mass is 79.9. The molecule has 0 fully saturated rings. The van der Waals surface area contributed by atoms with Crippen molar-refractivity contribution >= 4 is 15.9 Å². The van der Waals surface area contributed by atoms with E-state index in [1.165, 1.54) is 6.07 Å². The molecule has 0 aliphatic rings. The Kier molecular flexibility index (Phi) is 4.09. The first-order valence-corrected chi connectivity index (χ1v) is 6.48. The van der Waals surface area contributed by atoms with Crippen LogP contribution in [0.25, 0.3) is 0 Å². The molecule has 0 spiro atoms. The van der Waals surface area contributed by atoms with E-state index in [0.717, 1.165) is 11.3 Å². The quantitative estimate of drug-likeness (QED) is 0.942. The van der Waals surface area contributed by atoms with Crippen molar-refractivity contribution in [1.82, 2.24) is 4.98 Å². The van der Waals surface area contributed by atoms with Gasteiger partial charge in [-0.15, -0.1) is 0 Å². The minimum atomic E-state index is -0.383. The number of hydrogen-bond acceptors (Lipinski definition) is 2. The van der Waals surface area contributed by atoms with E-state index < -0.39 is 0 Å². The summed E-state index contributed by atoms with van der Waals surface area (Å²) in [5, 5.41) is 0. The predicted octanol–water partition coefficient (Wildman–Crippen LogP) is 3.53. The maximum atomic E-state index is 13.8. The Hall–Kier alpha value is -1.26. The van der Waals surface area contributed by atoms with E-state index in [0.29, 0.717) is 16.5 Å². The maximum Gasteiger partial charge on any atom is 0.129 e. The standard InChI is InChI=1S/C14H14BrFN2/c1-9-3-2-6-18-14(9)8-13(17)11-5-4-10(15)7-12(11)16/h2-7,13H,8,17H2,1H3. The zero-order valence-corrected chi connectivity index (χ0v) is 11.6. The van der Waals surface area contributed by atoms with E-state index in [9.17, 15) is 4.39 Å². The minimum absolute atomic E-state index is 0.287. The summed E-state index contributed by atoms with van der Waals surface area (Å²) in [6.45, 7) is 1.98. The number of nitrogens with zero attached hydrogens (tertiary/aromatic N) is 1. The van der Waals surface area contributed by atoms with Crippen LogP contribution in [0.4, 0.5) is 4.39 Å². The Bertz CT molecular complexity index is 557. The van der Waals surface area contributed by atoms with Crippen LogP contribution in [0.5, 0.6) is 0 Å². The summed E-state index contributed by atoms with van der Waals surface area (Å²) in [6, 6.07) is 8.41. The number of aryl methyl sites for hydroxylation is 1. The van der Waals surface area contributed by atoms with Crippen LogP contribution in [0.2, 0.25) is 0 Å². The van der Waals surface area contributed by atoms with Crippen LogP contribution in [0.3, 0.4) is 0 Å². The number of hydrogen-bond donors (Lipinski definition) is 1. The van der Waals surface area contributed by atoms with Crippen LogP contribution in [0, 0.1) is 12.7 Å². The van der Waals surface area contributed by atoms with E-state index in [1.807, 2.05) is 19.1 Å². The number of halogens is 2. The van der Waals surface area contributed by atoms with Crippen LogP contribution >= 0.6 is 15.9 Å². The molecule has 94 valence electrons. The molecular weight excluding hydrogens is 295 g/mol. The lowest BCUT2D eigenvalue weighted by Crippen LogP contribution is -2.16. The molecule has 0 saturated carbocycles. The first kappa shape index (κ1) is 13.2. The fraction of sp³-hybridized carbons (Fsp3) is 0.214. The Morgan fingerprint density at radius 2 is 2.17 bits per heavy atom. The molecule has 2 rings (SSSR count). The molecule has 0 amide bonds. The molecule has 1 aromatic carbocycles. The lowest BCUT2D eigenvalue weighted by molar-refractivity contribution is 0.576. The molecule has 1 aromatic heterocycles. The van der Waals surface area contributed by atoms with Crippen molar-refractivity contribution in [2.75, 3.05) is 0 Å². The fourth-order valence-electron chi connectivity index (χ4n) is 1.85. The second kappa shape index (κ2) is 5.59. The molecule has 1 unspecified atom stereocenters. The first-order valence-electron chi connectivity index (χ1n) is 5.69. The summed E-state index contributed by atoms with van der Waals surface area (Å²) in [5.74, 6) is -0.287. The predicted molar refractivity (Wildman–Crippen MR) is 73.7 cm³/mol. The van der Waals surface area contributed by atoms with Gasteiger partial charge in [0.15, 0.2) is 0 Å². The summed E-state index contributed by atoms with van der Waals surface area (Å²) >= 11 is 3.23. The van der Waals surface area contributed by atoms with E-state index in [2.05, 4.69) is 20.9 Å². The monoisotopic (exact) mass is 308 g/mol. The van der Waals surface area contributed by atoms with E-state index in [-0.39, 0.29) is 11.9 Å². The van der Waals surface area contributed by atoms with E-state index in [4.69, 9.17) is 5.73 Å². The Labute approximate surface area is 114 Å². The molecule has 2 N–H and O–H groups in total. The topological polar surface area (TPSA) is 38.9 Å². The van der Waals surface area contributed by atoms with Gasteiger partial charge in [-0.3, -0.25) is 4.98 Å². The van der Waals surface area contributed by atoms with Crippen LogP contribution in [0.1, 0.15) is 22.9 Å². The van der Waals surface area contributed by atoms with Crippen LogP contribution in [0.15, 0.2) is 41.0 Å². The number of rotatable bonds is 3. The van der Waals surface area contributed by atoms with Gasteiger partial charge in [0.25, 0.3) is 0 Å². The molecule has 2 aromatic rings. The third kappa shape index (κ3) is 2.94. The Morgan fingerprint density at radius 3 is 2.83 bits per heavy atom. The van der Waals surface area contributed by atoms with Crippen LogP contribution in [-0.4, -0.2) is 4.98 Å². The van der Waals surface area contributed by atoms with Gasteiger partial charge in [-0.05, 0) is 30.7 Å². The largest absolute Gasteiger partial charge is 0.324 e. The van der Waals surface area contributed by atoms with Gasteiger partial charge in [0.05, 0.1) is 0 Å². The highest BCUT2D eigenvalue weighted by Gasteiger charge is 2.14. The van der Waals surface area contributed by atoms with Gasteiger partial charge in [-0.25, -0.2) is 4.39 Å². The van der Waals surface area contributed by atoms with Crippen molar-refractivity contribution in [3.63, 3.8) is 0 Å². The summed E-state index contributed by atoms with van der Waals surface area (Å²) in [6.07, 6.45) is 2.26. The highest BCUT2D eigenvalue weighted by molar-refractivity contribution is 9.10. The second-order valence-corrected chi connectivity index (χ2v) is 5.16. The molecule has 18 heavy (non-hydrogen) atoms. The van der Waals surface area contributed by atoms with Gasteiger partial charge in [-0.1, -0.05) is 28.1 Å². The van der Waals surface area contributed by atoms with Gasteiger partial charge in [0.1, 0.15) is 5.82 Å². The molecular formula is C14H14BrFN2. The summed E-state index contributed by atoms with van der Waals surface area (Å²) in [7, 11) is 0. The number of aromatic nitrogens is 1. The summed E-state index contributed by atoms with van der Waals surface area (Å²) in [5.41, 5.74) is 8.55. The Morgan fingerprint density at radius 1 is 1.39 bits per heavy atom. The van der Waals surface area contributed by atoms with Gasteiger partial charge in [0, 0.05) is 34.4 Å². The first-order chi connectivity index (χ1) is 8.58. The maximum absolute atomic E-state index is 13.8. The summed E-state index contributed by atoms with van der Waals surface area (Å²) in [4.78, 5) is 4.28. The molecule has 0 aliphatic heterocycles. The van der Waals surface area contributed by atoms with Crippen molar-refractivity contribution in [3.05, 3.63) is 63.6 Å². The van der Waals surface area contributed by atoms with Crippen molar-refractivity contribution < 1.29 is 4.39 Å². The van der Waals surface area contributed by atoms with Crippen LogP contribution < -0.4 is 5.73 Å². The van der Waals surface area contributed by atoms with Crippen molar-refractivity contribution in [2.45, 2.75) is 19.4 Å². The second-order valence-electron chi connectivity index (χ2n) is 4.24. The average Bonchev–Trinajstić information content (AvgIpc) is 2.32.